The van der Waals surface area contributed by atoms with Gasteiger partial charge in [-0.15, -0.1) is 0 Å². The zero-order chi connectivity index (χ0) is 20.5. The van der Waals surface area contributed by atoms with Gasteiger partial charge in [0.1, 0.15) is 0 Å². The van der Waals surface area contributed by atoms with Crippen molar-refractivity contribution in [2.24, 2.45) is 0 Å². The predicted octanol–water partition coefficient (Wildman–Crippen LogP) is 3.36. The molecule has 0 saturated carbocycles. The van der Waals surface area contributed by atoms with Gasteiger partial charge in [-0.2, -0.15) is 0 Å². The number of aromatic carboxylic acids is 1. The fourth-order valence-corrected chi connectivity index (χ4v) is 3.78. The molecule has 0 N–H and O–H groups in total. The predicted molar refractivity (Wildman–Crippen MR) is 119 cm³/mol. The molecule has 0 fully saturated rings. The van der Waals surface area contributed by atoms with E-state index in [2.05, 4.69) is 18.7 Å². The van der Waals surface area contributed by atoms with Crippen LogP contribution >= 0.6 is 0 Å². The Hall–Kier alpha value is -0.510. The largest absolute Gasteiger partial charge is 1.00 e. The Kier molecular flexibility index (Phi) is 19.1. The zero-order valence-electron chi connectivity index (χ0n) is 19.4. The summed E-state index contributed by atoms with van der Waals surface area (Å²) in [7, 11) is 0. The summed E-state index contributed by atoms with van der Waals surface area (Å²) in [5, 5.41) is 10.8. The summed E-state index contributed by atoms with van der Waals surface area (Å²) >= 11 is 0. The molecule has 0 radical (unpaired) electrons. The van der Waals surface area contributed by atoms with Crippen LogP contribution < -0.4 is 39.6 Å². The van der Waals surface area contributed by atoms with Crippen LogP contribution in [0, 0.1) is 0 Å². The van der Waals surface area contributed by atoms with Crippen LogP contribution in [0.4, 0.5) is 5.69 Å². The van der Waals surface area contributed by atoms with Gasteiger partial charge in [0.25, 0.3) is 0 Å². The van der Waals surface area contributed by atoms with Gasteiger partial charge in [-0.3, -0.25) is 0 Å². The van der Waals surface area contributed by atoms with Crippen molar-refractivity contribution in [1.29, 1.82) is 0 Å². The van der Waals surface area contributed by atoms with Crippen LogP contribution in [0.5, 0.6) is 0 Å². The maximum absolute atomic E-state index is 10.8. The first-order valence-electron chi connectivity index (χ1n) is 11.7. The Labute approximate surface area is 201 Å². The molecule has 0 aliphatic carbocycles. The maximum Gasteiger partial charge on any atom is 1.00 e. The number of hydrogen-bond acceptors (Lipinski definition) is 3. The SMILES string of the molecule is CCCCCCCCCCCCCCCCN(CC)c1ccc(C(=O)[O-])cc1.[Na+]. The van der Waals surface area contributed by atoms with Gasteiger partial charge in [0.2, 0.25) is 0 Å². The van der Waals surface area contributed by atoms with E-state index in [0.29, 0.717) is 0 Å². The van der Waals surface area contributed by atoms with Crippen molar-refractivity contribution in [2.75, 3.05) is 18.0 Å². The van der Waals surface area contributed by atoms with Gasteiger partial charge < -0.3 is 14.8 Å². The monoisotopic (exact) mass is 411 g/mol. The molecule has 0 heterocycles. The summed E-state index contributed by atoms with van der Waals surface area (Å²) in [6, 6.07) is 7.05. The van der Waals surface area contributed by atoms with Gasteiger partial charge in [0.15, 0.2) is 0 Å². The molecule has 0 aliphatic rings. The smallest absolute Gasteiger partial charge is 0.545 e. The number of anilines is 1. The van der Waals surface area contributed by atoms with Gasteiger partial charge in [0, 0.05) is 18.8 Å². The summed E-state index contributed by atoms with van der Waals surface area (Å²) in [6.07, 6.45) is 19.3. The van der Waals surface area contributed by atoms with Crippen molar-refractivity contribution >= 4 is 11.7 Å². The number of hydrogen-bond donors (Lipinski definition) is 0. The van der Waals surface area contributed by atoms with Crippen LogP contribution in [0.25, 0.3) is 0 Å². The normalized spacial score (nSPS) is 10.6. The van der Waals surface area contributed by atoms with Gasteiger partial charge in [0.05, 0.1) is 5.97 Å². The first-order chi connectivity index (χ1) is 13.7. The average molecular weight is 412 g/mol. The van der Waals surface area contributed by atoms with Crippen LogP contribution in [-0.4, -0.2) is 19.1 Å². The Morgan fingerprint density at radius 1 is 0.724 bits per heavy atom. The average Bonchev–Trinajstić information content (AvgIpc) is 2.71. The topological polar surface area (TPSA) is 43.4 Å². The van der Waals surface area contributed by atoms with Crippen LogP contribution in [0.1, 0.15) is 114 Å². The molecule has 0 bridgehead atoms. The Morgan fingerprint density at radius 2 is 1.14 bits per heavy atom. The summed E-state index contributed by atoms with van der Waals surface area (Å²) in [5.74, 6) is -1.11. The molecular formula is C25H42NNaO2. The minimum atomic E-state index is -1.11. The number of carbonyl (C=O) groups excluding carboxylic acids is 1. The Bertz CT molecular complexity index is 504. The number of nitrogens with zero attached hydrogens (tertiary/aromatic N) is 1. The van der Waals surface area contributed by atoms with Crippen molar-refractivity contribution in [3.8, 4) is 0 Å². The van der Waals surface area contributed by atoms with Crippen molar-refractivity contribution in [3.05, 3.63) is 29.8 Å². The molecule has 0 saturated heterocycles. The Balaban J connectivity index is 0.00000784. The molecule has 160 valence electrons. The fourth-order valence-electron chi connectivity index (χ4n) is 3.78. The van der Waals surface area contributed by atoms with Crippen molar-refractivity contribution in [3.63, 3.8) is 0 Å². The maximum atomic E-state index is 10.8. The molecule has 3 nitrogen and oxygen atoms in total. The summed E-state index contributed by atoms with van der Waals surface area (Å²) in [6.45, 7) is 6.41. The third-order valence-corrected chi connectivity index (χ3v) is 5.63. The van der Waals surface area contributed by atoms with E-state index >= 15 is 0 Å². The van der Waals surface area contributed by atoms with Crippen LogP contribution in [0.3, 0.4) is 0 Å². The van der Waals surface area contributed by atoms with Gasteiger partial charge in [-0.25, -0.2) is 0 Å². The second kappa shape index (κ2) is 19.5. The van der Waals surface area contributed by atoms with Crippen LogP contribution in [0.2, 0.25) is 0 Å². The molecule has 0 aromatic heterocycles. The van der Waals surface area contributed by atoms with E-state index in [1.165, 1.54) is 89.9 Å². The molecule has 0 aliphatic heterocycles. The minimum absolute atomic E-state index is 0. The van der Waals surface area contributed by atoms with Crippen molar-refractivity contribution < 1.29 is 39.5 Å². The molecule has 0 atom stereocenters. The number of carboxylic acids is 1. The van der Waals surface area contributed by atoms with Gasteiger partial charge in [-0.05, 0) is 31.0 Å². The van der Waals surface area contributed by atoms with Crippen LogP contribution in [0.15, 0.2) is 24.3 Å². The number of unbranched alkanes of at least 4 members (excludes halogenated alkanes) is 13. The molecule has 0 unspecified atom stereocenters. The first-order valence-corrected chi connectivity index (χ1v) is 11.7. The van der Waals surface area contributed by atoms with E-state index in [0.717, 1.165) is 18.8 Å². The molecule has 0 spiro atoms. The van der Waals surface area contributed by atoms with E-state index in [1.807, 2.05) is 12.1 Å². The first kappa shape index (κ1) is 28.5. The quantitative estimate of drug-likeness (QED) is 0.275. The van der Waals surface area contributed by atoms with Crippen molar-refractivity contribution in [2.45, 2.75) is 104 Å². The van der Waals surface area contributed by atoms with E-state index in [9.17, 15) is 9.90 Å². The minimum Gasteiger partial charge on any atom is -0.545 e. The number of rotatable bonds is 18. The molecular weight excluding hydrogens is 369 g/mol. The summed E-state index contributed by atoms with van der Waals surface area (Å²) in [5.41, 5.74) is 1.35. The second-order valence-corrected chi connectivity index (χ2v) is 8.01. The number of carbonyl (C=O) groups is 1. The molecule has 4 heteroatoms. The van der Waals surface area contributed by atoms with E-state index in [1.54, 1.807) is 12.1 Å². The Morgan fingerprint density at radius 3 is 1.52 bits per heavy atom. The van der Waals surface area contributed by atoms with Crippen LogP contribution in [-0.2, 0) is 0 Å². The van der Waals surface area contributed by atoms with E-state index in [4.69, 9.17) is 0 Å². The van der Waals surface area contributed by atoms with Crippen molar-refractivity contribution in [1.82, 2.24) is 0 Å². The molecule has 0 amide bonds. The summed E-state index contributed by atoms with van der Waals surface area (Å²) in [4.78, 5) is 13.2. The number of benzene rings is 1. The van der Waals surface area contributed by atoms with E-state index < -0.39 is 5.97 Å². The van der Waals surface area contributed by atoms with E-state index in [-0.39, 0.29) is 35.1 Å². The van der Waals surface area contributed by atoms with Gasteiger partial charge in [-0.1, -0.05) is 103 Å². The fraction of sp³-hybridized carbons (Fsp3) is 0.720. The third-order valence-electron chi connectivity index (χ3n) is 5.63. The molecule has 1 aromatic carbocycles. The number of carboxylic acid groups (broad SMARTS) is 1. The molecule has 29 heavy (non-hydrogen) atoms. The molecule has 1 aromatic rings. The van der Waals surface area contributed by atoms with Gasteiger partial charge >= 0.3 is 29.6 Å². The standard InChI is InChI=1S/C25H43NO2.Na/c1-3-5-6-7-8-9-10-11-12-13-14-15-16-17-22-26(4-2)24-20-18-23(19-21-24)25(27)28;/h18-21H,3-17,22H2,1-2H3,(H,27,28);/q;+1/p-1. The summed E-state index contributed by atoms with van der Waals surface area (Å²) < 4.78 is 0. The zero-order valence-corrected chi connectivity index (χ0v) is 21.4. The third kappa shape index (κ3) is 14.2. The second-order valence-electron chi connectivity index (χ2n) is 8.01. The molecule has 1 rings (SSSR count).